The zero-order chi connectivity index (χ0) is 12.1. The van der Waals surface area contributed by atoms with Gasteiger partial charge >= 0.3 is 0 Å². The second kappa shape index (κ2) is 5.66. The Morgan fingerprint density at radius 2 is 1.67 bits per heavy atom. The standard InChI is InChI=1S/C13H27NO/c1-11(12(2,3)4)10-15-9-8-14-13(5,6)7/h14H,1,8-10H2,2-7H3. The van der Waals surface area contributed by atoms with Crippen molar-refractivity contribution in [3.8, 4) is 0 Å². The largest absolute Gasteiger partial charge is 0.376 e. The smallest absolute Gasteiger partial charge is 0.0679 e. The maximum Gasteiger partial charge on any atom is 0.0679 e. The van der Waals surface area contributed by atoms with Gasteiger partial charge in [0.15, 0.2) is 0 Å². The summed E-state index contributed by atoms with van der Waals surface area (Å²) in [6.07, 6.45) is 0. The quantitative estimate of drug-likeness (QED) is 0.560. The van der Waals surface area contributed by atoms with Gasteiger partial charge in [-0.15, -0.1) is 0 Å². The lowest BCUT2D eigenvalue weighted by atomic mass is 9.88. The molecule has 2 nitrogen and oxygen atoms in total. The molecular formula is C13H27NO. The van der Waals surface area contributed by atoms with Gasteiger partial charge in [-0.3, -0.25) is 0 Å². The minimum absolute atomic E-state index is 0.150. The van der Waals surface area contributed by atoms with Crippen LogP contribution in [0.3, 0.4) is 0 Å². The summed E-state index contributed by atoms with van der Waals surface area (Å²) in [5.41, 5.74) is 1.47. The van der Waals surface area contributed by atoms with Crippen molar-refractivity contribution in [2.75, 3.05) is 19.8 Å². The summed E-state index contributed by atoms with van der Waals surface area (Å²) in [5, 5.41) is 3.38. The third-order valence-corrected chi connectivity index (χ3v) is 2.24. The molecule has 0 saturated heterocycles. The highest BCUT2D eigenvalue weighted by Gasteiger charge is 2.14. The van der Waals surface area contributed by atoms with Gasteiger partial charge in [0.2, 0.25) is 0 Å². The van der Waals surface area contributed by atoms with E-state index in [2.05, 4.69) is 53.4 Å². The Kier molecular flexibility index (Phi) is 5.54. The lowest BCUT2D eigenvalue weighted by Gasteiger charge is -2.23. The summed E-state index contributed by atoms with van der Waals surface area (Å²) in [7, 11) is 0. The van der Waals surface area contributed by atoms with E-state index in [1.54, 1.807) is 0 Å². The van der Waals surface area contributed by atoms with Crippen molar-refractivity contribution in [3.63, 3.8) is 0 Å². The molecule has 0 aliphatic carbocycles. The van der Waals surface area contributed by atoms with Crippen molar-refractivity contribution in [1.82, 2.24) is 5.32 Å². The lowest BCUT2D eigenvalue weighted by molar-refractivity contribution is 0.141. The van der Waals surface area contributed by atoms with Gasteiger partial charge < -0.3 is 10.1 Å². The Hall–Kier alpha value is -0.340. The van der Waals surface area contributed by atoms with E-state index < -0.39 is 0 Å². The molecule has 1 N–H and O–H groups in total. The summed E-state index contributed by atoms with van der Waals surface area (Å²) in [5.74, 6) is 0. The third kappa shape index (κ3) is 8.64. The van der Waals surface area contributed by atoms with Gasteiger partial charge in [-0.1, -0.05) is 27.4 Å². The molecule has 0 aromatic heterocycles. The SMILES string of the molecule is C=C(COCCNC(C)(C)C)C(C)(C)C. The number of ether oxygens (including phenoxy) is 1. The second-order valence-electron chi connectivity index (χ2n) is 6.08. The van der Waals surface area contributed by atoms with Gasteiger partial charge in [-0.05, 0) is 31.8 Å². The van der Waals surface area contributed by atoms with Crippen molar-refractivity contribution in [2.24, 2.45) is 5.41 Å². The molecule has 0 radical (unpaired) electrons. The molecule has 0 saturated carbocycles. The molecule has 0 heterocycles. The van der Waals surface area contributed by atoms with Crippen molar-refractivity contribution >= 4 is 0 Å². The number of hydrogen-bond acceptors (Lipinski definition) is 2. The van der Waals surface area contributed by atoms with Crippen LogP contribution >= 0.6 is 0 Å². The first kappa shape index (κ1) is 14.7. The Labute approximate surface area is 95.1 Å². The molecule has 0 amide bonds. The molecule has 90 valence electrons. The van der Waals surface area contributed by atoms with E-state index in [1.165, 1.54) is 0 Å². The zero-order valence-corrected chi connectivity index (χ0v) is 11.2. The van der Waals surface area contributed by atoms with Crippen molar-refractivity contribution in [2.45, 2.75) is 47.1 Å². The van der Waals surface area contributed by atoms with E-state index in [1.807, 2.05) is 0 Å². The van der Waals surface area contributed by atoms with Gasteiger partial charge in [-0.2, -0.15) is 0 Å². The van der Waals surface area contributed by atoms with Gasteiger partial charge in [0.05, 0.1) is 13.2 Å². The average Bonchev–Trinajstić information content (AvgIpc) is 1.99. The van der Waals surface area contributed by atoms with Crippen LogP contribution in [0.25, 0.3) is 0 Å². The van der Waals surface area contributed by atoms with Crippen molar-refractivity contribution < 1.29 is 4.74 Å². The van der Waals surface area contributed by atoms with Crippen LogP contribution in [0.1, 0.15) is 41.5 Å². The minimum atomic E-state index is 0.150. The fourth-order valence-corrected chi connectivity index (χ4v) is 0.910. The maximum absolute atomic E-state index is 5.56. The van der Waals surface area contributed by atoms with Crippen molar-refractivity contribution in [3.05, 3.63) is 12.2 Å². The molecule has 15 heavy (non-hydrogen) atoms. The fourth-order valence-electron chi connectivity index (χ4n) is 0.910. The van der Waals surface area contributed by atoms with Crippen molar-refractivity contribution in [1.29, 1.82) is 0 Å². The van der Waals surface area contributed by atoms with Crippen LogP contribution in [-0.4, -0.2) is 25.3 Å². The van der Waals surface area contributed by atoms with Crippen LogP contribution in [0.15, 0.2) is 12.2 Å². The fraction of sp³-hybridized carbons (Fsp3) is 0.846. The molecule has 0 rings (SSSR count). The summed E-state index contributed by atoms with van der Waals surface area (Å²) >= 11 is 0. The normalized spacial score (nSPS) is 12.9. The van der Waals surface area contributed by atoms with Gasteiger partial charge in [0.25, 0.3) is 0 Å². The topological polar surface area (TPSA) is 21.3 Å². The Balaban J connectivity index is 3.53. The van der Waals surface area contributed by atoms with E-state index in [9.17, 15) is 0 Å². The molecule has 0 spiro atoms. The highest BCUT2D eigenvalue weighted by molar-refractivity contribution is 5.05. The van der Waals surface area contributed by atoms with Gasteiger partial charge in [0, 0.05) is 12.1 Å². The maximum atomic E-state index is 5.56. The molecule has 0 aromatic carbocycles. The van der Waals surface area contributed by atoms with Crippen LogP contribution in [0.5, 0.6) is 0 Å². The first-order chi connectivity index (χ1) is 6.63. The predicted octanol–water partition coefficient (Wildman–Crippen LogP) is 2.99. The van der Waals surface area contributed by atoms with E-state index in [0.29, 0.717) is 6.61 Å². The van der Waals surface area contributed by atoms with E-state index in [0.717, 1.165) is 18.7 Å². The van der Waals surface area contributed by atoms with Crippen LogP contribution in [0.4, 0.5) is 0 Å². The highest BCUT2D eigenvalue weighted by Crippen LogP contribution is 2.23. The summed E-state index contributed by atoms with van der Waals surface area (Å²) in [4.78, 5) is 0. The summed E-state index contributed by atoms with van der Waals surface area (Å²) < 4.78 is 5.56. The molecule has 0 unspecified atom stereocenters. The molecule has 0 aliphatic heterocycles. The average molecular weight is 213 g/mol. The number of rotatable bonds is 5. The molecule has 0 aliphatic rings. The number of nitrogens with one attached hydrogen (secondary N) is 1. The highest BCUT2D eigenvalue weighted by atomic mass is 16.5. The molecule has 2 heteroatoms. The first-order valence-electron chi connectivity index (χ1n) is 5.64. The Morgan fingerprint density at radius 1 is 1.13 bits per heavy atom. The van der Waals surface area contributed by atoms with E-state index in [4.69, 9.17) is 4.74 Å². The number of hydrogen-bond donors (Lipinski definition) is 1. The zero-order valence-electron chi connectivity index (χ0n) is 11.2. The lowest BCUT2D eigenvalue weighted by Crippen LogP contribution is -2.38. The summed E-state index contributed by atoms with van der Waals surface area (Å²) in [6.45, 7) is 19.3. The van der Waals surface area contributed by atoms with Gasteiger partial charge in [0.1, 0.15) is 0 Å². The summed E-state index contributed by atoms with van der Waals surface area (Å²) in [6, 6.07) is 0. The molecule has 0 atom stereocenters. The molecular weight excluding hydrogens is 186 g/mol. The molecule has 0 bridgehead atoms. The van der Waals surface area contributed by atoms with E-state index in [-0.39, 0.29) is 11.0 Å². The third-order valence-electron chi connectivity index (χ3n) is 2.24. The molecule has 0 fully saturated rings. The second-order valence-corrected chi connectivity index (χ2v) is 6.08. The Bertz CT molecular complexity index is 196. The first-order valence-corrected chi connectivity index (χ1v) is 5.64. The van der Waals surface area contributed by atoms with Crippen LogP contribution in [0, 0.1) is 5.41 Å². The monoisotopic (exact) mass is 213 g/mol. The predicted molar refractivity (Wildman–Crippen MR) is 67.2 cm³/mol. The minimum Gasteiger partial charge on any atom is -0.376 e. The van der Waals surface area contributed by atoms with E-state index >= 15 is 0 Å². The van der Waals surface area contributed by atoms with Crippen LogP contribution in [-0.2, 0) is 4.74 Å². The Morgan fingerprint density at radius 3 is 2.07 bits per heavy atom. The van der Waals surface area contributed by atoms with Crippen LogP contribution in [0.2, 0.25) is 0 Å². The van der Waals surface area contributed by atoms with Gasteiger partial charge in [-0.25, -0.2) is 0 Å². The molecule has 0 aromatic rings. The van der Waals surface area contributed by atoms with Crippen LogP contribution < -0.4 is 5.32 Å².